The molecule has 0 unspecified atom stereocenters. The number of amides is 2. The molecule has 0 saturated carbocycles. The van der Waals surface area contributed by atoms with Crippen LogP contribution in [0.3, 0.4) is 0 Å². The van der Waals surface area contributed by atoms with Crippen LogP contribution in [0.1, 0.15) is 17.5 Å². The second kappa shape index (κ2) is 8.33. The Morgan fingerprint density at radius 2 is 1.79 bits per heavy atom. The summed E-state index contributed by atoms with van der Waals surface area (Å²) in [5.74, 6) is -0.143. The van der Waals surface area contributed by atoms with E-state index in [4.69, 9.17) is 4.74 Å². The smallest absolute Gasteiger partial charge is 0.416 e. The average Bonchev–Trinajstić information content (AvgIpc) is 2.99. The average molecular weight is 392 g/mol. The first-order chi connectivity index (χ1) is 13.3. The number of ether oxygens (including phenoxy) is 1. The van der Waals surface area contributed by atoms with Gasteiger partial charge in [-0.2, -0.15) is 13.2 Å². The number of nitrogens with zero attached hydrogens (tertiary/aromatic N) is 1. The molecule has 0 aromatic heterocycles. The molecule has 2 aromatic rings. The van der Waals surface area contributed by atoms with Crippen molar-refractivity contribution in [3.05, 3.63) is 65.7 Å². The van der Waals surface area contributed by atoms with Gasteiger partial charge in [-0.3, -0.25) is 9.59 Å². The van der Waals surface area contributed by atoms with Crippen molar-refractivity contribution in [2.24, 2.45) is 0 Å². The molecule has 2 aromatic carbocycles. The van der Waals surface area contributed by atoms with E-state index in [0.717, 1.165) is 6.07 Å². The molecule has 1 heterocycles. The number of hydrogen-bond acceptors (Lipinski definition) is 3. The van der Waals surface area contributed by atoms with E-state index in [1.807, 2.05) is 6.07 Å². The summed E-state index contributed by atoms with van der Waals surface area (Å²) in [6.07, 6.45) is -4.44. The fourth-order valence-corrected chi connectivity index (χ4v) is 3.10. The van der Waals surface area contributed by atoms with E-state index in [0.29, 0.717) is 5.75 Å². The number of halogens is 3. The van der Waals surface area contributed by atoms with Crippen molar-refractivity contribution in [1.82, 2.24) is 10.2 Å². The van der Waals surface area contributed by atoms with Gasteiger partial charge >= 0.3 is 6.18 Å². The number of carbonyl (C=O) groups is 2. The normalized spacial score (nSPS) is 16.9. The van der Waals surface area contributed by atoms with Crippen LogP contribution >= 0.6 is 0 Å². The summed E-state index contributed by atoms with van der Waals surface area (Å²) in [6.45, 7) is -0.199. The maximum absolute atomic E-state index is 13.1. The SMILES string of the molecule is O=C(COc1ccccc1)N[C@@H]1CC(=O)N(Cc2ccccc2C(F)(F)F)C1. The van der Waals surface area contributed by atoms with Crippen LogP contribution in [-0.2, 0) is 22.3 Å². The minimum Gasteiger partial charge on any atom is -0.484 e. The van der Waals surface area contributed by atoms with Gasteiger partial charge in [0.2, 0.25) is 5.91 Å². The highest BCUT2D eigenvalue weighted by atomic mass is 19.4. The largest absolute Gasteiger partial charge is 0.484 e. The summed E-state index contributed by atoms with van der Waals surface area (Å²) in [5, 5.41) is 2.69. The van der Waals surface area contributed by atoms with E-state index < -0.39 is 17.8 Å². The molecule has 28 heavy (non-hydrogen) atoms. The van der Waals surface area contributed by atoms with Gasteiger partial charge in [-0.05, 0) is 23.8 Å². The van der Waals surface area contributed by atoms with E-state index >= 15 is 0 Å². The van der Waals surface area contributed by atoms with Crippen molar-refractivity contribution in [3.63, 3.8) is 0 Å². The molecule has 3 rings (SSSR count). The molecule has 5 nitrogen and oxygen atoms in total. The van der Waals surface area contributed by atoms with Crippen LogP contribution in [0, 0.1) is 0 Å². The second-order valence-electron chi connectivity index (χ2n) is 6.50. The number of alkyl halides is 3. The Kier molecular flexibility index (Phi) is 5.87. The van der Waals surface area contributed by atoms with Crippen LogP contribution in [0.4, 0.5) is 13.2 Å². The molecule has 2 amide bonds. The zero-order valence-electron chi connectivity index (χ0n) is 14.9. The number of nitrogens with one attached hydrogen (secondary N) is 1. The first-order valence-corrected chi connectivity index (χ1v) is 8.73. The van der Waals surface area contributed by atoms with Crippen molar-refractivity contribution >= 4 is 11.8 Å². The first-order valence-electron chi connectivity index (χ1n) is 8.73. The van der Waals surface area contributed by atoms with E-state index in [9.17, 15) is 22.8 Å². The van der Waals surface area contributed by atoms with Crippen molar-refractivity contribution in [3.8, 4) is 5.75 Å². The second-order valence-corrected chi connectivity index (χ2v) is 6.50. The fraction of sp³-hybridized carbons (Fsp3) is 0.300. The quantitative estimate of drug-likeness (QED) is 0.822. The molecule has 1 atom stereocenters. The molecule has 1 saturated heterocycles. The third-order valence-electron chi connectivity index (χ3n) is 4.38. The van der Waals surface area contributed by atoms with Gasteiger partial charge in [-0.25, -0.2) is 0 Å². The lowest BCUT2D eigenvalue weighted by molar-refractivity contribution is -0.139. The van der Waals surface area contributed by atoms with Crippen molar-refractivity contribution in [2.45, 2.75) is 25.2 Å². The Labute approximate surface area is 160 Å². The first kappa shape index (κ1) is 19.7. The standard InChI is InChI=1S/C20H19F3N2O3/c21-20(22,23)17-9-5-4-6-14(17)11-25-12-15(10-19(25)27)24-18(26)13-28-16-7-2-1-3-8-16/h1-9,15H,10-13H2,(H,24,26)/t15-/m1/s1. The van der Waals surface area contributed by atoms with E-state index in [1.54, 1.807) is 24.3 Å². The molecule has 1 aliphatic heterocycles. The topological polar surface area (TPSA) is 58.6 Å². The number of likely N-dealkylation sites (tertiary alicyclic amines) is 1. The molecular weight excluding hydrogens is 373 g/mol. The molecule has 0 bridgehead atoms. The zero-order valence-corrected chi connectivity index (χ0v) is 14.9. The Morgan fingerprint density at radius 3 is 2.50 bits per heavy atom. The lowest BCUT2D eigenvalue weighted by atomic mass is 10.1. The van der Waals surface area contributed by atoms with Gasteiger partial charge in [0.05, 0.1) is 11.6 Å². The molecule has 1 fully saturated rings. The third kappa shape index (κ3) is 5.03. The Hall–Kier alpha value is -3.03. The summed E-state index contributed by atoms with van der Waals surface area (Å²) < 4.78 is 44.7. The van der Waals surface area contributed by atoms with Gasteiger partial charge in [0.25, 0.3) is 5.91 Å². The third-order valence-corrected chi connectivity index (χ3v) is 4.38. The number of carbonyl (C=O) groups excluding carboxylic acids is 2. The molecular formula is C20H19F3N2O3. The van der Waals surface area contributed by atoms with E-state index in [1.165, 1.54) is 23.1 Å². The minimum atomic E-state index is -4.48. The summed E-state index contributed by atoms with van der Waals surface area (Å²) in [6, 6.07) is 13.5. The maximum Gasteiger partial charge on any atom is 0.416 e. The summed E-state index contributed by atoms with van der Waals surface area (Å²) >= 11 is 0. The zero-order chi connectivity index (χ0) is 20.1. The van der Waals surface area contributed by atoms with Crippen LogP contribution in [0.2, 0.25) is 0 Å². The van der Waals surface area contributed by atoms with Crippen molar-refractivity contribution in [1.29, 1.82) is 0 Å². The van der Waals surface area contributed by atoms with Crippen LogP contribution < -0.4 is 10.1 Å². The van der Waals surface area contributed by atoms with Crippen LogP contribution in [0.15, 0.2) is 54.6 Å². The predicted molar refractivity (Wildman–Crippen MR) is 95.3 cm³/mol. The monoisotopic (exact) mass is 392 g/mol. The van der Waals surface area contributed by atoms with Crippen LogP contribution in [0.5, 0.6) is 5.75 Å². The summed E-state index contributed by atoms with van der Waals surface area (Å²) in [7, 11) is 0. The van der Waals surface area contributed by atoms with Gasteiger partial charge in [0.15, 0.2) is 6.61 Å². The number of para-hydroxylation sites is 1. The van der Waals surface area contributed by atoms with Crippen molar-refractivity contribution < 1.29 is 27.5 Å². The predicted octanol–water partition coefficient (Wildman–Crippen LogP) is 3.00. The maximum atomic E-state index is 13.1. The minimum absolute atomic E-state index is 0.0303. The van der Waals surface area contributed by atoms with Gasteiger partial charge in [-0.15, -0.1) is 0 Å². The van der Waals surface area contributed by atoms with Gasteiger partial charge in [0, 0.05) is 19.5 Å². The summed E-state index contributed by atoms with van der Waals surface area (Å²) in [5.41, 5.74) is -0.728. The van der Waals surface area contributed by atoms with Gasteiger partial charge in [0.1, 0.15) is 5.75 Å². The molecule has 0 aliphatic carbocycles. The van der Waals surface area contributed by atoms with Crippen LogP contribution in [0.25, 0.3) is 0 Å². The number of hydrogen-bond donors (Lipinski definition) is 1. The molecule has 1 aliphatic rings. The lowest BCUT2D eigenvalue weighted by Crippen LogP contribution is -2.39. The van der Waals surface area contributed by atoms with E-state index in [-0.39, 0.29) is 43.5 Å². The highest BCUT2D eigenvalue weighted by Crippen LogP contribution is 2.32. The molecule has 0 radical (unpaired) electrons. The van der Waals surface area contributed by atoms with Gasteiger partial charge < -0.3 is 15.0 Å². The highest BCUT2D eigenvalue weighted by Gasteiger charge is 2.35. The fourth-order valence-electron chi connectivity index (χ4n) is 3.10. The Bertz CT molecular complexity index is 840. The van der Waals surface area contributed by atoms with Gasteiger partial charge in [-0.1, -0.05) is 36.4 Å². The van der Waals surface area contributed by atoms with Crippen molar-refractivity contribution in [2.75, 3.05) is 13.2 Å². The molecule has 8 heteroatoms. The lowest BCUT2D eigenvalue weighted by Gasteiger charge is -2.20. The number of rotatable bonds is 6. The number of benzene rings is 2. The highest BCUT2D eigenvalue weighted by molar-refractivity contribution is 5.82. The summed E-state index contributed by atoms with van der Waals surface area (Å²) in [4.78, 5) is 25.5. The van der Waals surface area contributed by atoms with E-state index in [2.05, 4.69) is 5.32 Å². The molecule has 148 valence electrons. The van der Waals surface area contributed by atoms with Crippen LogP contribution in [-0.4, -0.2) is 35.9 Å². The Balaban J connectivity index is 1.55. The Morgan fingerprint density at radius 1 is 1.11 bits per heavy atom. The molecule has 0 spiro atoms. The molecule has 1 N–H and O–H groups in total.